The molecule has 0 aliphatic carbocycles. The largest absolute Gasteiger partial charge is 0.497 e. The number of aliphatic hydroxyl groups excluding tert-OH is 1. The molecule has 0 fully saturated rings. The topological polar surface area (TPSA) is 95.9 Å². The fourth-order valence-electron chi connectivity index (χ4n) is 2.46. The van der Waals surface area contributed by atoms with Crippen LogP contribution in [0.4, 0.5) is 0 Å². The van der Waals surface area contributed by atoms with Crippen molar-refractivity contribution in [2.45, 2.75) is 31.9 Å². The third-order valence-corrected chi connectivity index (χ3v) is 4.01. The molecular formula is C18H21NO5. The number of rotatable bonds is 6. The average Bonchev–Trinajstić information content (AvgIpc) is 2.57. The first-order valence-corrected chi connectivity index (χ1v) is 7.62. The van der Waals surface area contributed by atoms with Crippen LogP contribution in [0, 0.1) is 0 Å². The molecular weight excluding hydrogens is 310 g/mol. The Morgan fingerprint density at radius 2 is 1.71 bits per heavy atom. The molecule has 2 aromatic carbocycles. The van der Waals surface area contributed by atoms with Crippen LogP contribution in [0.1, 0.15) is 25.3 Å². The molecule has 1 amide bonds. The maximum absolute atomic E-state index is 12.3. The Balaban J connectivity index is 2.22. The minimum absolute atomic E-state index is 0.448. The fraction of sp³-hybridized carbons (Fsp3) is 0.333. The highest BCUT2D eigenvalue weighted by Gasteiger charge is 2.27. The van der Waals surface area contributed by atoms with Crippen LogP contribution >= 0.6 is 0 Å². The van der Waals surface area contributed by atoms with Gasteiger partial charge in [-0.2, -0.15) is 0 Å². The number of aliphatic hydroxyl groups is 1. The highest BCUT2D eigenvalue weighted by atomic mass is 16.5. The summed E-state index contributed by atoms with van der Waals surface area (Å²) in [5.41, 5.74) is 0.764. The highest BCUT2D eigenvalue weighted by molar-refractivity contribution is 5.90. The molecule has 2 rings (SSSR count). The van der Waals surface area contributed by atoms with Gasteiger partial charge in [-0.25, -0.2) is 4.79 Å². The molecule has 24 heavy (non-hydrogen) atoms. The van der Waals surface area contributed by atoms with Crippen LogP contribution in [-0.4, -0.2) is 41.3 Å². The fourth-order valence-corrected chi connectivity index (χ4v) is 2.46. The van der Waals surface area contributed by atoms with Gasteiger partial charge in [0.1, 0.15) is 5.75 Å². The molecule has 2 aromatic rings. The number of carboxylic acids is 1. The van der Waals surface area contributed by atoms with Gasteiger partial charge in [-0.1, -0.05) is 24.3 Å². The van der Waals surface area contributed by atoms with Crippen LogP contribution in [0.2, 0.25) is 0 Å². The van der Waals surface area contributed by atoms with Gasteiger partial charge in [-0.3, -0.25) is 4.79 Å². The van der Waals surface area contributed by atoms with Crippen molar-refractivity contribution in [2.24, 2.45) is 0 Å². The number of benzene rings is 2. The number of fused-ring (bicyclic) bond motifs is 1. The smallest absolute Gasteiger partial charge is 0.328 e. The average molecular weight is 331 g/mol. The molecule has 6 nitrogen and oxygen atoms in total. The first kappa shape index (κ1) is 17.7. The van der Waals surface area contributed by atoms with E-state index in [2.05, 4.69) is 5.32 Å². The van der Waals surface area contributed by atoms with E-state index in [-0.39, 0.29) is 0 Å². The second kappa shape index (κ2) is 7.31. The summed E-state index contributed by atoms with van der Waals surface area (Å²) in [5.74, 6) is -1.51. The Labute approximate surface area is 140 Å². The van der Waals surface area contributed by atoms with Crippen LogP contribution < -0.4 is 10.1 Å². The second-order valence-corrected chi connectivity index (χ2v) is 5.76. The summed E-state index contributed by atoms with van der Waals surface area (Å²) in [6.07, 6.45) is -1.18. The zero-order valence-corrected chi connectivity index (χ0v) is 13.8. The minimum Gasteiger partial charge on any atom is -0.497 e. The molecule has 1 unspecified atom stereocenters. The van der Waals surface area contributed by atoms with Crippen LogP contribution in [0.15, 0.2) is 36.4 Å². The Morgan fingerprint density at radius 3 is 2.29 bits per heavy atom. The molecule has 3 N–H and O–H groups in total. The molecule has 6 heteroatoms. The Hall–Kier alpha value is -2.60. The van der Waals surface area contributed by atoms with Crippen LogP contribution in [-0.2, 0) is 9.59 Å². The van der Waals surface area contributed by atoms with Gasteiger partial charge in [0.15, 0.2) is 6.04 Å². The van der Waals surface area contributed by atoms with E-state index in [1.54, 1.807) is 14.0 Å². The monoisotopic (exact) mass is 331 g/mol. The summed E-state index contributed by atoms with van der Waals surface area (Å²) in [5, 5.41) is 22.8. The number of carbonyl (C=O) groups is 2. The van der Waals surface area contributed by atoms with Gasteiger partial charge >= 0.3 is 5.97 Å². The highest BCUT2D eigenvalue weighted by Crippen LogP contribution is 2.25. The molecule has 0 aliphatic heterocycles. The molecule has 0 heterocycles. The Kier molecular flexibility index (Phi) is 5.41. The lowest BCUT2D eigenvalue weighted by Gasteiger charge is -2.20. The van der Waals surface area contributed by atoms with Crippen molar-refractivity contribution in [1.29, 1.82) is 0 Å². The van der Waals surface area contributed by atoms with E-state index in [0.29, 0.717) is 0 Å². The van der Waals surface area contributed by atoms with Crippen molar-refractivity contribution in [3.05, 3.63) is 42.0 Å². The lowest BCUT2D eigenvalue weighted by molar-refractivity contribution is -0.144. The number of amides is 1. The van der Waals surface area contributed by atoms with E-state index in [1.807, 2.05) is 36.4 Å². The quantitative estimate of drug-likeness (QED) is 0.751. The van der Waals surface area contributed by atoms with E-state index in [4.69, 9.17) is 9.84 Å². The maximum atomic E-state index is 12.3. The number of aliphatic carboxylic acids is 1. The SMILES string of the molecule is COc1ccc2cc(C(C)C(=O)N[C@H](C(=O)O)[C@@H](C)O)ccc2c1. The lowest BCUT2D eigenvalue weighted by atomic mass is 9.96. The van der Waals surface area contributed by atoms with Crippen LogP contribution in [0.5, 0.6) is 5.75 Å². The molecule has 128 valence electrons. The van der Waals surface area contributed by atoms with Crippen molar-refractivity contribution in [3.8, 4) is 5.75 Å². The molecule has 0 bridgehead atoms. The third kappa shape index (κ3) is 3.83. The summed E-state index contributed by atoms with van der Waals surface area (Å²) in [7, 11) is 1.60. The minimum atomic E-state index is -1.33. The third-order valence-electron chi connectivity index (χ3n) is 4.01. The zero-order valence-electron chi connectivity index (χ0n) is 13.8. The van der Waals surface area contributed by atoms with Gasteiger partial charge in [-0.15, -0.1) is 0 Å². The predicted octanol–water partition coefficient (Wildman–Crippen LogP) is 1.90. The van der Waals surface area contributed by atoms with Gasteiger partial charge in [-0.05, 0) is 42.3 Å². The maximum Gasteiger partial charge on any atom is 0.328 e. The van der Waals surface area contributed by atoms with Crippen molar-refractivity contribution < 1.29 is 24.5 Å². The van der Waals surface area contributed by atoms with E-state index in [1.165, 1.54) is 6.92 Å². The normalized spacial score (nSPS) is 14.7. The van der Waals surface area contributed by atoms with Crippen molar-refractivity contribution >= 4 is 22.6 Å². The zero-order chi connectivity index (χ0) is 17.9. The van der Waals surface area contributed by atoms with E-state index >= 15 is 0 Å². The number of carboxylic acid groups (broad SMARTS) is 1. The number of ether oxygens (including phenoxy) is 1. The summed E-state index contributed by atoms with van der Waals surface area (Å²) < 4.78 is 5.18. The lowest BCUT2D eigenvalue weighted by Crippen LogP contribution is -2.48. The predicted molar refractivity (Wildman–Crippen MR) is 90.2 cm³/mol. The molecule has 0 aromatic heterocycles. The van der Waals surface area contributed by atoms with Gasteiger partial charge in [0.25, 0.3) is 0 Å². The van der Waals surface area contributed by atoms with Gasteiger partial charge < -0.3 is 20.3 Å². The van der Waals surface area contributed by atoms with Crippen LogP contribution in [0.3, 0.4) is 0 Å². The molecule has 0 saturated carbocycles. The number of methoxy groups -OCH3 is 1. The number of nitrogens with one attached hydrogen (secondary N) is 1. The number of carbonyl (C=O) groups excluding carboxylic acids is 1. The first-order valence-electron chi connectivity index (χ1n) is 7.62. The van der Waals surface area contributed by atoms with Crippen molar-refractivity contribution in [1.82, 2.24) is 5.32 Å². The number of hydrogen-bond acceptors (Lipinski definition) is 4. The summed E-state index contributed by atoms with van der Waals surface area (Å²) >= 11 is 0. The number of hydrogen-bond donors (Lipinski definition) is 3. The summed E-state index contributed by atoms with van der Waals surface area (Å²) in [6, 6.07) is 9.91. The molecule has 0 saturated heterocycles. The van der Waals surface area contributed by atoms with Crippen molar-refractivity contribution in [3.63, 3.8) is 0 Å². The Bertz CT molecular complexity index is 756. The van der Waals surface area contributed by atoms with Crippen molar-refractivity contribution in [2.75, 3.05) is 7.11 Å². The second-order valence-electron chi connectivity index (χ2n) is 5.76. The van der Waals surface area contributed by atoms with Gasteiger partial charge in [0.05, 0.1) is 19.1 Å². The molecule has 0 spiro atoms. The molecule has 3 atom stereocenters. The summed E-state index contributed by atoms with van der Waals surface area (Å²) in [6.45, 7) is 3.02. The van der Waals surface area contributed by atoms with Gasteiger partial charge in [0, 0.05) is 0 Å². The van der Waals surface area contributed by atoms with E-state index < -0.39 is 29.9 Å². The standard InChI is InChI=1S/C18H21NO5/c1-10(17(21)19-16(11(2)20)18(22)23)12-4-5-14-9-15(24-3)7-6-13(14)8-12/h4-11,16,20H,1-3H3,(H,19,21)(H,22,23)/t10?,11-,16+/m1/s1. The van der Waals surface area contributed by atoms with E-state index in [9.17, 15) is 14.7 Å². The molecule has 0 radical (unpaired) electrons. The molecule has 0 aliphatic rings. The van der Waals surface area contributed by atoms with Crippen LogP contribution in [0.25, 0.3) is 10.8 Å². The first-order chi connectivity index (χ1) is 11.3. The van der Waals surface area contributed by atoms with Gasteiger partial charge in [0.2, 0.25) is 5.91 Å². The summed E-state index contributed by atoms with van der Waals surface area (Å²) in [4.78, 5) is 23.4. The van der Waals surface area contributed by atoms with E-state index in [0.717, 1.165) is 22.1 Å². The Morgan fingerprint density at radius 1 is 1.08 bits per heavy atom.